The van der Waals surface area contributed by atoms with Gasteiger partial charge in [-0.2, -0.15) is 0 Å². The van der Waals surface area contributed by atoms with Crippen molar-refractivity contribution in [2.45, 2.75) is 32.7 Å². The summed E-state index contributed by atoms with van der Waals surface area (Å²) in [5.41, 5.74) is 0. The number of amides is 1. The third-order valence-electron chi connectivity index (χ3n) is 3.31. The Hall–Kier alpha value is -0.750. The third kappa shape index (κ3) is 4.17. The molecule has 0 aromatic rings. The summed E-state index contributed by atoms with van der Waals surface area (Å²) >= 11 is 0. The Kier molecular flexibility index (Phi) is 6.49. The van der Waals surface area contributed by atoms with Gasteiger partial charge >= 0.3 is 0 Å². The average molecular weight is 264 g/mol. The predicted molar refractivity (Wildman–Crippen MR) is 64.7 cm³/mol. The number of morpholine rings is 1. The van der Waals surface area contributed by atoms with E-state index in [1.165, 1.54) is 0 Å². The van der Waals surface area contributed by atoms with Gasteiger partial charge < -0.3 is 9.64 Å². The summed E-state index contributed by atoms with van der Waals surface area (Å²) in [6.07, 6.45) is -2.61. The van der Waals surface area contributed by atoms with Crippen molar-refractivity contribution < 1.29 is 18.3 Å². The van der Waals surface area contributed by atoms with Gasteiger partial charge in [0.25, 0.3) is 6.43 Å². The summed E-state index contributed by atoms with van der Waals surface area (Å²) in [6.45, 7) is 6.70. The second kappa shape index (κ2) is 7.63. The average Bonchev–Trinajstić information content (AvgIpc) is 2.38. The van der Waals surface area contributed by atoms with E-state index in [0.717, 1.165) is 0 Å². The number of alkyl halides is 2. The van der Waals surface area contributed by atoms with Gasteiger partial charge in [-0.15, -0.1) is 0 Å². The molecule has 1 amide bonds. The quantitative estimate of drug-likeness (QED) is 0.723. The molecule has 1 atom stereocenters. The molecule has 0 N–H and O–H groups in total. The standard InChI is InChI=1S/C12H22F2N2O2/c1-3-15(4-2)11(17)9-10(12(13)14)16-5-7-18-8-6-16/h10,12H,3-9H2,1-2H3/t10-/m0/s1. The summed E-state index contributed by atoms with van der Waals surface area (Å²) < 4.78 is 31.3. The van der Waals surface area contributed by atoms with Gasteiger partial charge in [0, 0.05) is 32.6 Å². The lowest BCUT2D eigenvalue weighted by molar-refractivity contribution is -0.135. The molecule has 0 radical (unpaired) electrons. The normalized spacial score (nSPS) is 18.9. The van der Waals surface area contributed by atoms with Crippen LogP contribution in [-0.4, -0.2) is 67.6 Å². The van der Waals surface area contributed by atoms with E-state index in [9.17, 15) is 13.6 Å². The maximum absolute atomic E-state index is 13.1. The lowest BCUT2D eigenvalue weighted by Crippen LogP contribution is -2.49. The van der Waals surface area contributed by atoms with Gasteiger partial charge in [-0.3, -0.25) is 9.69 Å². The fraction of sp³-hybridized carbons (Fsp3) is 0.917. The molecular formula is C12H22F2N2O2. The topological polar surface area (TPSA) is 32.8 Å². The molecule has 1 saturated heterocycles. The summed E-state index contributed by atoms with van der Waals surface area (Å²) in [4.78, 5) is 15.2. The summed E-state index contributed by atoms with van der Waals surface area (Å²) in [6, 6.07) is -0.984. The monoisotopic (exact) mass is 264 g/mol. The molecule has 6 heteroatoms. The van der Waals surface area contributed by atoms with Crippen LogP contribution in [0.25, 0.3) is 0 Å². The van der Waals surface area contributed by atoms with Gasteiger partial charge in [0.2, 0.25) is 5.91 Å². The van der Waals surface area contributed by atoms with Crippen molar-refractivity contribution in [2.75, 3.05) is 39.4 Å². The van der Waals surface area contributed by atoms with Gasteiger partial charge in [-0.05, 0) is 13.8 Å². The molecule has 0 bridgehead atoms. The van der Waals surface area contributed by atoms with Crippen molar-refractivity contribution in [1.82, 2.24) is 9.80 Å². The minimum absolute atomic E-state index is 0.112. The van der Waals surface area contributed by atoms with Crippen molar-refractivity contribution in [3.05, 3.63) is 0 Å². The zero-order chi connectivity index (χ0) is 13.5. The number of ether oxygens (including phenoxy) is 1. The van der Waals surface area contributed by atoms with E-state index in [1.807, 2.05) is 13.8 Å². The Morgan fingerprint density at radius 3 is 2.28 bits per heavy atom. The molecule has 4 nitrogen and oxygen atoms in total. The second-order valence-electron chi connectivity index (χ2n) is 4.32. The van der Waals surface area contributed by atoms with Crippen LogP contribution < -0.4 is 0 Å². The number of carbonyl (C=O) groups excluding carboxylic acids is 1. The minimum atomic E-state index is -2.50. The van der Waals surface area contributed by atoms with Crippen LogP contribution in [0.2, 0.25) is 0 Å². The van der Waals surface area contributed by atoms with Crippen molar-refractivity contribution in [1.29, 1.82) is 0 Å². The van der Waals surface area contributed by atoms with E-state index in [-0.39, 0.29) is 12.3 Å². The molecule has 1 heterocycles. The first-order valence-electron chi connectivity index (χ1n) is 6.47. The van der Waals surface area contributed by atoms with Gasteiger partial charge in [-0.1, -0.05) is 0 Å². The van der Waals surface area contributed by atoms with Gasteiger partial charge in [0.1, 0.15) is 0 Å². The molecule has 0 saturated carbocycles. The molecule has 0 aliphatic carbocycles. The van der Waals surface area contributed by atoms with Crippen LogP contribution in [0.4, 0.5) is 8.78 Å². The molecule has 0 aromatic heterocycles. The van der Waals surface area contributed by atoms with Crippen molar-refractivity contribution in [3.63, 3.8) is 0 Å². The lowest BCUT2D eigenvalue weighted by Gasteiger charge is -2.34. The third-order valence-corrected chi connectivity index (χ3v) is 3.31. The zero-order valence-corrected chi connectivity index (χ0v) is 11.1. The lowest BCUT2D eigenvalue weighted by atomic mass is 10.1. The molecule has 1 rings (SSSR count). The Morgan fingerprint density at radius 1 is 1.28 bits per heavy atom. The predicted octanol–water partition coefficient (Wildman–Crippen LogP) is 1.21. The van der Waals surface area contributed by atoms with Crippen LogP contribution in [0.3, 0.4) is 0 Å². The van der Waals surface area contributed by atoms with E-state index in [2.05, 4.69) is 0 Å². The number of nitrogens with zero attached hydrogens (tertiary/aromatic N) is 2. The summed E-state index contributed by atoms with van der Waals surface area (Å²) in [7, 11) is 0. The second-order valence-corrected chi connectivity index (χ2v) is 4.32. The first-order valence-corrected chi connectivity index (χ1v) is 6.47. The van der Waals surface area contributed by atoms with Crippen molar-refractivity contribution in [2.24, 2.45) is 0 Å². The fourth-order valence-corrected chi connectivity index (χ4v) is 2.17. The number of rotatable bonds is 6. The molecule has 0 aromatic carbocycles. The molecule has 106 valence electrons. The Balaban J connectivity index is 2.59. The first kappa shape index (κ1) is 15.3. The van der Waals surface area contributed by atoms with E-state index in [0.29, 0.717) is 39.4 Å². The minimum Gasteiger partial charge on any atom is -0.379 e. The van der Waals surface area contributed by atoms with Crippen LogP contribution in [0, 0.1) is 0 Å². The van der Waals surface area contributed by atoms with Crippen LogP contribution in [0.15, 0.2) is 0 Å². The maximum Gasteiger partial charge on any atom is 0.254 e. The van der Waals surface area contributed by atoms with E-state index in [1.54, 1.807) is 9.80 Å². The van der Waals surface area contributed by atoms with E-state index >= 15 is 0 Å². The molecule has 1 fully saturated rings. The largest absolute Gasteiger partial charge is 0.379 e. The van der Waals surface area contributed by atoms with Gasteiger partial charge in [0.05, 0.1) is 19.3 Å². The highest BCUT2D eigenvalue weighted by atomic mass is 19.3. The van der Waals surface area contributed by atoms with Gasteiger partial charge in [0.15, 0.2) is 0 Å². The number of hydrogen-bond acceptors (Lipinski definition) is 3. The molecule has 1 aliphatic heterocycles. The maximum atomic E-state index is 13.1. The summed E-state index contributed by atoms with van der Waals surface area (Å²) in [5, 5.41) is 0. The van der Waals surface area contributed by atoms with E-state index in [4.69, 9.17) is 4.74 Å². The molecule has 0 unspecified atom stereocenters. The smallest absolute Gasteiger partial charge is 0.254 e. The highest BCUT2D eigenvalue weighted by molar-refractivity contribution is 5.76. The molecule has 1 aliphatic rings. The number of carbonyl (C=O) groups is 1. The highest BCUT2D eigenvalue weighted by Gasteiger charge is 2.31. The number of hydrogen-bond donors (Lipinski definition) is 0. The van der Waals surface area contributed by atoms with E-state index < -0.39 is 12.5 Å². The Labute approximate surface area is 107 Å². The Morgan fingerprint density at radius 2 is 1.83 bits per heavy atom. The Bertz CT molecular complexity index is 254. The van der Waals surface area contributed by atoms with Crippen molar-refractivity contribution in [3.8, 4) is 0 Å². The van der Waals surface area contributed by atoms with Crippen LogP contribution in [0.1, 0.15) is 20.3 Å². The summed E-state index contributed by atoms with van der Waals surface area (Å²) in [5.74, 6) is -0.197. The van der Waals surface area contributed by atoms with Crippen LogP contribution in [-0.2, 0) is 9.53 Å². The fourth-order valence-electron chi connectivity index (χ4n) is 2.17. The molecule has 0 spiro atoms. The van der Waals surface area contributed by atoms with Crippen LogP contribution in [0.5, 0.6) is 0 Å². The number of halogens is 2. The molecular weight excluding hydrogens is 242 g/mol. The highest BCUT2D eigenvalue weighted by Crippen LogP contribution is 2.16. The van der Waals surface area contributed by atoms with Crippen LogP contribution >= 0.6 is 0 Å². The SMILES string of the molecule is CCN(CC)C(=O)C[C@@H](C(F)F)N1CCOCC1. The molecule has 18 heavy (non-hydrogen) atoms. The first-order chi connectivity index (χ1) is 8.60. The van der Waals surface area contributed by atoms with Gasteiger partial charge in [-0.25, -0.2) is 8.78 Å². The van der Waals surface area contributed by atoms with Crippen molar-refractivity contribution >= 4 is 5.91 Å². The zero-order valence-electron chi connectivity index (χ0n) is 11.1.